The Hall–Kier alpha value is -2.96. The number of likely N-dealkylation sites (tertiary alicyclic amines) is 1. The quantitative estimate of drug-likeness (QED) is 0.665. The van der Waals surface area contributed by atoms with E-state index in [0.717, 1.165) is 54.1 Å². The summed E-state index contributed by atoms with van der Waals surface area (Å²) in [5, 5.41) is 5.03. The van der Waals surface area contributed by atoms with Crippen molar-refractivity contribution < 1.29 is 9.32 Å². The lowest BCUT2D eigenvalue weighted by Gasteiger charge is -2.39. The zero-order valence-corrected chi connectivity index (χ0v) is 16.6. The molecule has 150 valence electrons. The maximum Gasteiger partial charge on any atom is 0.228 e. The first-order valence-corrected chi connectivity index (χ1v) is 10.4. The summed E-state index contributed by atoms with van der Waals surface area (Å²) in [6.45, 7) is 3.55. The van der Waals surface area contributed by atoms with Crippen LogP contribution in [0.3, 0.4) is 0 Å². The molecular weight excluding hydrogens is 366 g/mol. The fraction of sp³-hybridized carbons (Fsp3) is 0.455. The number of anilines is 1. The van der Waals surface area contributed by atoms with E-state index in [1.54, 1.807) is 6.33 Å². The standard InChI is InChI=1S/C22H25N5O2/c1-15-12-21(24-14-23-15)27(16-6-7-16)17-8-10-26(11-9-17)22(28)13-19-18-4-2-3-5-20(18)29-25-19/h2-5,12,14,16-17H,6-11,13H2,1H3. The Morgan fingerprint density at radius 3 is 2.66 bits per heavy atom. The third-order valence-electron chi connectivity index (χ3n) is 5.98. The van der Waals surface area contributed by atoms with Crippen molar-refractivity contribution in [1.82, 2.24) is 20.0 Å². The molecule has 5 rings (SSSR count). The number of carbonyl (C=O) groups is 1. The number of aromatic nitrogens is 3. The van der Waals surface area contributed by atoms with Crippen LogP contribution in [-0.2, 0) is 11.2 Å². The molecule has 7 nitrogen and oxygen atoms in total. The van der Waals surface area contributed by atoms with Gasteiger partial charge in [0.2, 0.25) is 5.91 Å². The van der Waals surface area contributed by atoms with E-state index < -0.39 is 0 Å². The Morgan fingerprint density at radius 2 is 1.90 bits per heavy atom. The topological polar surface area (TPSA) is 75.4 Å². The zero-order valence-electron chi connectivity index (χ0n) is 16.6. The van der Waals surface area contributed by atoms with Crippen molar-refractivity contribution in [3.63, 3.8) is 0 Å². The average Bonchev–Trinajstić information content (AvgIpc) is 3.49. The SMILES string of the molecule is Cc1cc(N(C2CC2)C2CCN(C(=O)Cc3noc4ccccc34)CC2)ncn1. The van der Waals surface area contributed by atoms with E-state index in [1.807, 2.05) is 36.1 Å². The van der Waals surface area contributed by atoms with Gasteiger partial charge in [0.05, 0.1) is 6.42 Å². The molecule has 2 fully saturated rings. The van der Waals surface area contributed by atoms with Gasteiger partial charge in [-0.15, -0.1) is 0 Å². The fourth-order valence-corrected chi connectivity index (χ4v) is 4.32. The molecule has 29 heavy (non-hydrogen) atoms. The number of fused-ring (bicyclic) bond motifs is 1. The van der Waals surface area contributed by atoms with Gasteiger partial charge in [-0.25, -0.2) is 9.97 Å². The van der Waals surface area contributed by atoms with Gasteiger partial charge >= 0.3 is 0 Å². The smallest absolute Gasteiger partial charge is 0.228 e. The highest BCUT2D eigenvalue weighted by Crippen LogP contribution is 2.35. The number of para-hydroxylation sites is 1. The van der Waals surface area contributed by atoms with Crippen molar-refractivity contribution in [3.8, 4) is 0 Å². The molecule has 7 heteroatoms. The van der Waals surface area contributed by atoms with Crippen LogP contribution in [0.15, 0.2) is 41.2 Å². The Kier molecular flexibility index (Phi) is 4.66. The molecule has 0 N–H and O–H groups in total. The van der Waals surface area contributed by atoms with Crippen LogP contribution in [0.25, 0.3) is 11.0 Å². The van der Waals surface area contributed by atoms with Crippen LogP contribution in [0, 0.1) is 6.92 Å². The highest BCUT2D eigenvalue weighted by molar-refractivity contribution is 5.86. The van der Waals surface area contributed by atoms with E-state index in [0.29, 0.717) is 18.5 Å². The Morgan fingerprint density at radius 1 is 1.14 bits per heavy atom. The van der Waals surface area contributed by atoms with Crippen LogP contribution in [0.5, 0.6) is 0 Å². The number of amides is 1. The first kappa shape index (κ1) is 18.1. The van der Waals surface area contributed by atoms with Gasteiger partial charge in [-0.1, -0.05) is 17.3 Å². The minimum Gasteiger partial charge on any atom is -0.356 e. The monoisotopic (exact) mass is 391 g/mol. The summed E-state index contributed by atoms with van der Waals surface area (Å²) in [7, 11) is 0. The van der Waals surface area contributed by atoms with Crippen LogP contribution in [0.4, 0.5) is 5.82 Å². The normalized spacial score (nSPS) is 17.6. The Bertz CT molecular complexity index is 1020. The number of benzene rings is 1. The van der Waals surface area contributed by atoms with Gasteiger partial charge in [-0.05, 0) is 44.7 Å². The third-order valence-corrected chi connectivity index (χ3v) is 5.98. The molecule has 0 radical (unpaired) electrons. The second kappa shape index (κ2) is 7.46. The second-order valence-electron chi connectivity index (χ2n) is 8.07. The number of nitrogens with zero attached hydrogens (tertiary/aromatic N) is 5. The summed E-state index contributed by atoms with van der Waals surface area (Å²) >= 11 is 0. The van der Waals surface area contributed by atoms with Crippen LogP contribution in [0.2, 0.25) is 0 Å². The number of aryl methyl sites for hydroxylation is 1. The molecule has 1 saturated heterocycles. The van der Waals surface area contributed by atoms with Gasteiger partial charge in [0, 0.05) is 42.3 Å². The summed E-state index contributed by atoms with van der Waals surface area (Å²) in [4.78, 5) is 26.1. The lowest BCUT2D eigenvalue weighted by Crippen LogP contribution is -2.48. The van der Waals surface area contributed by atoms with Crippen molar-refractivity contribution in [2.45, 2.75) is 51.1 Å². The van der Waals surface area contributed by atoms with E-state index in [2.05, 4.69) is 26.1 Å². The summed E-state index contributed by atoms with van der Waals surface area (Å²) in [6.07, 6.45) is 6.32. The van der Waals surface area contributed by atoms with E-state index >= 15 is 0 Å². The molecule has 1 aliphatic heterocycles. The number of rotatable bonds is 5. The first-order chi connectivity index (χ1) is 14.2. The van der Waals surface area contributed by atoms with Gasteiger partial charge in [0.1, 0.15) is 17.8 Å². The number of piperidine rings is 1. The second-order valence-corrected chi connectivity index (χ2v) is 8.07. The van der Waals surface area contributed by atoms with Gasteiger partial charge in [0.15, 0.2) is 5.58 Å². The van der Waals surface area contributed by atoms with Gasteiger partial charge in [0.25, 0.3) is 0 Å². The largest absolute Gasteiger partial charge is 0.356 e. The predicted molar refractivity (Wildman–Crippen MR) is 110 cm³/mol. The van der Waals surface area contributed by atoms with E-state index in [4.69, 9.17) is 4.52 Å². The number of carbonyl (C=O) groups excluding carboxylic acids is 1. The molecule has 1 amide bonds. The van der Waals surface area contributed by atoms with Crippen molar-refractivity contribution in [1.29, 1.82) is 0 Å². The zero-order chi connectivity index (χ0) is 19.8. The number of hydrogen-bond acceptors (Lipinski definition) is 6. The molecule has 1 aromatic carbocycles. The molecule has 3 aromatic rings. The van der Waals surface area contributed by atoms with Crippen molar-refractivity contribution in [3.05, 3.63) is 48.0 Å². The number of hydrogen-bond donors (Lipinski definition) is 0. The Labute approximate surface area is 169 Å². The van der Waals surface area contributed by atoms with Gasteiger partial charge in [-0.2, -0.15) is 0 Å². The molecule has 2 aromatic heterocycles. The van der Waals surface area contributed by atoms with Crippen LogP contribution in [-0.4, -0.2) is 51.1 Å². The van der Waals surface area contributed by atoms with Crippen LogP contribution in [0.1, 0.15) is 37.1 Å². The molecule has 2 aliphatic rings. The average molecular weight is 391 g/mol. The lowest BCUT2D eigenvalue weighted by atomic mass is 10.0. The molecule has 3 heterocycles. The first-order valence-electron chi connectivity index (χ1n) is 10.4. The van der Waals surface area contributed by atoms with Gasteiger partial charge in [-0.3, -0.25) is 4.79 Å². The highest BCUT2D eigenvalue weighted by atomic mass is 16.5. The van der Waals surface area contributed by atoms with Crippen molar-refractivity contribution in [2.75, 3.05) is 18.0 Å². The van der Waals surface area contributed by atoms with Crippen LogP contribution >= 0.6 is 0 Å². The summed E-state index contributed by atoms with van der Waals surface area (Å²) < 4.78 is 5.34. The lowest BCUT2D eigenvalue weighted by molar-refractivity contribution is -0.131. The molecular formula is C22H25N5O2. The van der Waals surface area contributed by atoms with Gasteiger partial charge < -0.3 is 14.3 Å². The van der Waals surface area contributed by atoms with Crippen molar-refractivity contribution >= 4 is 22.7 Å². The summed E-state index contributed by atoms with van der Waals surface area (Å²) in [5.41, 5.74) is 2.45. The maximum absolute atomic E-state index is 12.9. The Balaban J connectivity index is 1.24. The fourth-order valence-electron chi connectivity index (χ4n) is 4.32. The predicted octanol–water partition coefficient (Wildman–Crippen LogP) is 3.13. The van der Waals surface area contributed by atoms with Crippen molar-refractivity contribution in [2.24, 2.45) is 0 Å². The third kappa shape index (κ3) is 3.69. The van der Waals surface area contributed by atoms with Crippen LogP contribution < -0.4 is 4.90 Å². The molecule has 0 unspecified atom stereocenters. The highest BCUT2D eigenvalue weighted by Gasteiger charge is 2.37. The molecule has 1 aliphatic carbocycles. The summed E-state index contributed by atoms with van der Waals surface area (Å²) in [5.74, 6) is 1.15. The minimum absolute atomic E-state index is 0.123. The molecule has 0 atom stereocenters. The molecule has 1 saturated carbocycles. The maximum atomic E-state index is 12.9. The van der Waals surface area contributed by atoms with E-state index in [1.165, 1.54) is 12.8 Å². The summed E-state index contributed by atoms with van der Waals surface area (Å²) in [6, 6.07) is 10.8. The van der Waals surface area contributed by atoms with E-state index in [-0.39, 0.29) is 5.91 Å². The molecule has 0 spiro atoms. The van der Waals surface area contributed by atoms with E-state index in [9.17, 15) is 4.79 Å². The minimum atomic E-state index is 0.123. The molecule has 0 bridgehead atoms.